The van der Waals surface area contributed by atoms with E-state index < -0.39 is 0 Å². The van der Waals surface area contributed by atoms with Crippen LogP contribution >= 0.6 is 0 Å². The number of aliphatic hydroxyl groups is 1. The van der Waals surface area contributed by atoms with Crippen molar-refractivity contribution in [2.45, 2.75) is 58.9 Å². The average Bonchev–Trinajstić information content (AvgIpc) is 2.22. The minimum atomic E-state index is 0.309. The van der Waals surface area contributed by atoms with Gasteiger partial charge in [-0.25, -0.2) is 0 Å². The fourth-order valence-electron chi connectivity index (χ4n) is 1.70. The Balaban J connectivity index is 3.92. The summed E-state index contributed by atoms with van der Waals surface area (Å²) in [6.45, 7) is 9.20. The minimum absolute atomic E-state index is 0.309. The largest absolute Gasteiger partial charge is 0.395 e. The van der Waals surface area contributed by atoms with E-state index in [1.165, 1.54) is 25.7 Å². The zero-order valence-corrected chi connectivity index (χ0v) is 10.1. The molecule has 0 fully saturated rings. The summed E-state index contributed by atoms with van der Waals surface area (Å²) in [5.41, 5.74) is 0. The van der Waals surface area contributed by atoms with Crippen LogP contribution in [0.5, 0.6) is 0 Å². The van der Waals surface area contributed by atoms with Gasteiger partial charge >= 0.3 is 0 Å². The highest BCUT2D eigenvalue weighted by atomic mass is 16.3. The lowest BCUT2D eigenvalue weighted by Gasteiger charge is -2.29. The normalized spacial score (nSPS) is 13.5. The lowest BCUT2D eigenvalue weighted by Crippen LogP contribution is -2.38. The van der Waals surface area contributed by atoms with Crippen LogP contribution < -0.4 is 0 Å². The Kier molecular flexibility index (Phi) is 9.42. The molecule has 0 rings (SSSR count). The molecule has 14 heavy (non-hydrogen) atoms. The Morgan fingerprint density at radius 2 is 1.50 bits per heavy atom. The van der Waals surface area contributed by atoms with Gasteiger partial charge in [-0.3, -0.25) is 4.90 Å². The van der Waals surface area contributed by atoms with Gasteiger partial charge < -0.3 is 5.11 Å². The molecule has 0 spiro atoms. The number of hydrogen-bond donors (Lipinski definition) is 1. The standard InChI is InChI=1S/C12H27NO/c1-4-7-9-13(10-8-5-2)12(6-3)11-14/h12,14H,4-11H2,1-3H3/t12-/m0/s1. The predicted molar refractivity (Wildman–Crippen MR) is 62.6 cm³/mol. The van der Waals surface area contributed by atoms with E-state index in [2.05, 4.69) is 25.7 Å². The molecule has 0 aromatic carbocycles. The summed E-state index contributed by atoms with van der Waals surface area (Å²) in [7, 11) is 0. The molecule has 86 valence electrons. The molecule has 0 radical (unpaired) electrons. The van der Waals surface area contributed by atoms with E-state index >= 15 is 0 Å². The first kappa shape index (κ1) is 13.9. The van der Waals surface area contributed by atoms with Crippen LogP contribution in [-0.2, 0) is 0 Å². The van der Waals surface area contributed by atoms with Gasteiger partial charge in [0.05, 0.1) is 6.61 Å². The Morgan fingerprint density at radius 3 is 1.79 bits per heavy atom. The molecule has 0 bridgehead atoms. The Bertz CT molecular complexity index is 105. The molecule has 0 aromatic rings. The molecule has 0 heterocycles. The SMILES string of the molecule is CCCCN(CCCC)[C@@H](CC)CO. The van der Waals surface area contributed by atoms with Crippen molar-refractivity contribution in [3.05, 3.63) is 0 Å². The zero-order chi connectivity index (χ0) is 10.8. The number of aliphatic hydroxyl groups excluding tert-OH is 1. The summed E-state index contributed by atoms with van der Waals surface area (Å²) in [4.78, 5) is 2.45. The summed E-state index contributed by atoms with van der Waals surface area (Å²) in [6.07, 6.45) is 6.04. The van der Waals surface area contributed by atoms with Gasteiger partial charge in [0.2, 0.25) is 0 Å². The molecule has 0 unspecified atom stereocenters. The Labute approximate surface area is 89.3 Å². The van der Waals surface area contributed by atoms with Crippen LogP contribution in [0.4, 0.5) is 0 Å². The van der Waals surface area contributed by atoms with Crippen molar-refractivity contribution in [2.75, 3.05) is 19.7 Å². The van der Waals surface area contributed by atoms with E-state index in [0.29, 0.717) is 12.6 Å². The molecule has 0 aromatic heterocycles. The van der Waals surface area contributed by atoms with Gasteiger partial charge in [0.25, 0.3) is 0 Å². The molecule has 0 saturated heterocycles. The second kappa shape index (κ2) is 9.47. The molecule has 0 aliphatic rings. The van der Waals surface area contributed by atoms with Gasteiger partial charge in [0.15, 0.2) is 0 Å². The van der Waals surface area contributed by atoms with Gasteiger partial charge in [-0.05, 0) is 32.4 Å². The maximum absolute atomic E-state index is 9.25. The minimum Gasteiger partial charge on any atom is -0.395 e. The molecular weight excluding hydrogens is 174 g/mol. The first-order valence-electron chi connectivity index (χ1n) is 6.14. The Hall–Kier alpha value is -0.0800. The highest BCUT2D eigenvalue weighted by molar-refractivity contribution is 4.69. The van der Waals surface area contributed by atoms with Gasteiger partial charge in [-0.1, -0.05) is 33.6 Å². The van der Waals surface area contributed by atoms with Crippen LogP contribution in [0, 0.1) is 0 Å². The molecule has 0 aliphatic heterocycles. The lowest BCUT2D eigenvalue weighted by molar-refractivity contribution is 0.116. The maximum atomic E-state index is 9.25. The first-order valence-corrected chi connectivity index (χ1v) is 6.14. The second-order valence-corrected chi connectivity index (χ2v) is 3.99. The van der Waals surface area contributed by atoms with E-state index in [1.807, 2.05) is 0 Å². The summed E-state index contributed by atoms with van der Waals surface area (Å²) < 4.78 is 0. The van der Waals surface area contributed by atoms with E-state index in [-0.39, 0.29) is 0 Å². The molecule has 0 amide bonds. The summed E-state index contributed by atoms with van der Waals surface area (Å²) in [5.74, 6) is 0. The lowest BCUT2D eigenvalue weighted by atomic mass is 10.1. The first-order chi connectivity index (χ1) is 6.79. The van der Waals surface area contributed by atoms with Crippen LogP contribution in [0.15, 0.2) is 0 Å². The van der Waals surface area contributed by atoms with Crippen LogP contribution in [0.25, 0.3) is 0 Å². The summed E-state index contributed by atoms with van der Waals surface area (Å²) in [5, 5.41) is 9.25. The van der Waals surface area contributed by atoms with Crippen molar-refractivity contribution in [3.63, 3.8) is 0 Å². The number of rotatable bonds is 9. The van der Waals surface area contributed by atoms with Crippen LogP contribution in [-0.4, -0.2) is 35.7 Å². The van der Waals surface area contributed by atoms with Gasteiger partial charge in [0, 0.05) is 6.04 Å². The molecular formula is C12H27NO. The van der Waals surface area contributed by atoms with Crippen molar-refractivity contribution in [1.82, 2.24) is 4.90 Å². The average molecular weight is 201 g/mol. The van der Waals surface area contributed by atoms with Crippen LogP contribution in [0.3, 0.4) is 0 Å². The van der Waals surface area contributed by atoms with Crippen molar-refractivity contribution < 1.29 is 5.11 Å². The third-order valence-corrected chi connectivity index (χ3v) is 2.80. The molecule has 0 aliphatic carbocycles. The van der Waals surface area contributed by atoms with E-state index in [9.17, 15) is 5.11 Å². The quantitative estimate of drug-likeness (QED) is 0.620. The van der Waals surface area contributed by atoms with Gasteiger partial charge in [-0.15, -0.1) is 0 Å². The Morgan fingerprint density at radius 1 is 1.00 bits per heavy atom. The number of unbranched alkanes of at least 4 members (excludes halogenated alkanes) is 2. The topological polar surface area (TPSA) is 23.5 Å². The van der Waals surface area contributed by atoms with E-state index in [4.69, 9.17) is 0 Å². The zero-order valence-electron chi connectivity index (χ0n) is 10.1. The fourth-order valence-corrected chi connectivity index (χ4v) is 1.70. The van der Waals surface area contributed by atoms with Crippen molar-refractivity contribution in [1.29, 1.82) is 0 Å². The third kappa shape index (κ3) is 5.61. The van der Waals surface area contributed by atoms with Crippen molar-refractivity contribution >= 4 is 0 Å². The highest BCUT2D eigenvalue weighted by Gasteiger charge is 2.14. The third-order valence-electron chi connectivity index (χ3n) is 2.80. The van der Waals surface area contributed by atoms with Crippen molar-refractivity contribution in [3.8, 4) is 0 Å². The summed E-state index contributed by atoms with van der Waals surface area (Å²) >= 11 is 0. The maximum Gasteiger partial charge on any atom is 0.0586 e. The molecule has 1 atom stereocenters. The fraction of sp³-hybridized carbons (Fsp3) is 1.00. The van der Waals surface area contributed by atoms with Gasteiger partial charge in [-0.2, -0.15) is 0 Å². The summed E-state index contributed by atoms with van der Waals surface area (Å²) in [6, 6.07) is 0.382. The van der Waals surface area contributed by atoms with Crippen molar-refractivity contribution in [2.24, 2.45) is 0 Å². The van der Waals surface area contributed by atoms with Crippen LogP contribution in [0.1, 0.15) is 52.9 Å². The highest BCUT2D eigenvalue weighted by Crippen LogP contribution is 2.07. The van der Waals surface area contributed by atoms with Gasteiger partial charge in [0.1, 0.15) is 0 Å². The van der Waals surface area contributed by atoms with E-state index in [0.717, 1.165) is 19.5 Å². The monoisotopic (exact) mass is 201 g/mol. The van der Waals surface area contributed by atoms with E-state index in [1.54, 1.807) is 0 Å². The number of nitrogens with zero attached hydrogens (tertiary/aromatic N) is 1. The van der Waals surface area contributed by atoms with Crippen LogP contribution in [0.2, 0.25) is 0 Å². The smallest absolute Gasteiger partial charge is 0.0586 e. The number of hydrogen-bond acceptors (Lipinski definition) is 2. The predicted octanol–water partition coefficient (Wildman–Crippen LogP) is 2.66. The molecule has 0 saturated carbocycles. The second-order valence-electron chi connectivity index (χ2n) is 3.99. The molecule has 2 heteroatoms. The molecule has 1 N–H and O–H groups in total. The molecule has 2 nitrogen and oxygen atoms in total.